The largest absolute Gasteiger partial charge is 0.494 e. The minimum absolute atomic E-state index is 0.0816. The van der Waals surface area contributed by atoms with Crippen LogP contribution in [0.5, 0.6) is 5.75 Å². The van der Waals surface area contributed by atoms with E-state index in [0.717, 1.165) is 32.2 Å². The van der Waals surface area contributed by atoms with Gasteiger partial charge in [0.15, 0.2) is 11.6 Å². The van der Waals surface area contributed by atoms with Crippen molar-refractivity contribution in [2.75, 3.05) is 19.8 Å². The molecule has 0 bridgehead atoms. The first-order valence-electron chi connectivity index (χ1n) is 14.6. The standard InChI is InChI=1S/C33H37Br2N3O4/c34-27-13-7-23(8-14-27)21-33(32(40)38-36-22-24-5-2-1-3-6-24)30(25-9-15-28(35)16-10-25)42-31(37-33)26-11-17-29(18-12-26)41-20-4-19-39/h7-18,24,30,36,39H,1-6,19-22H2,(H,38,40)/t30-,33-/m0/s1. The number of benzene rings is 3. The van der Waals surface area contributed by atoms with Gasteiger partial charge in [0.25, 0.3) is 5.91 Å². The van der Waals surface area contributed by atoms with Crippen LogP contribution in [0.2, 0.25) is 0 Å². The molecule has 0 spiro atoms. The Hall–Kier alpha value is -2.72. The lowest BCUT2D eigenvalue weighted by molar-refractivity contribution is -0.130. The van der Waals surface area contributed by atoms with Gasteiger partial charge in [-0.3, -0.25) is 10.2 Å². The Labute approximate surface area is 264 Å². The molecule has 1 aliphatic carbocycles. The number of hydrogen-bond acceptors (Lipinski definition) is 6. The van der Waals surface area contributed by atoms with E-state index in [-0.39, 0.29) is 12.5 Å². The van der Waals surface area contributed by atoms with Gasteiger partial charge >= 0.3 is 0 Å². The molecule has 7 nitrogen and oxygen atoms in total. The third kappa shape index (κ3) is 7.61. The number of aliphatic imine (C=N–C) groups is 1. The smallest absolute Gasteiger partial charge is 0.266 e. The van der Waals surface area contributed by atoms with Gasteiger partial charge in [-0.25, -0.2) is 10.4 Å². The van der Waals surface area contributed by atoms with Crippen molar-refractivity contribution in [3.05, 3.63) is 98.4 Å². The van der Waals surface area contributed by atoms with Gasteiger partial charge < -0.3 is 14.6 Å². The number of halogens is 2. The van der Waals surface area contributed by atoms with E-state index in [1.807, 2.05) is 72.8 Å². The normalized spacial score (nSPS) is 20.5. The Balaban J connectivity index is 1.48. The van der Waals surface area contributed by atoms with Crippen LogP contribution in [0.15, 0.2) is 86.7 Å². The van der Waals surface area contributed by atoms with Gasteiger partial charge in [0.05, 0.1) is 6.61 Å². The van der Waals surface area contributed by atoms with Crippen molar-refractivity contribution in [2.24, 2.45) is 10.9 Å². The molecule has 1 amide bonds. The number of ether oxygens (including phenoxy) is 2. The molecule has 0 aromatic heterocycles. The third-order valence-corrected chi connectivity index (χ3v) is 8.96. The fraction of sp³-hybridized carbons (Fsp3) is 0.394. The summed E-state index contributed by atoms with van der Waals surface area (Å²) >= 11 is 7.06. The van der Waals surface area contributed by atoms with Gasteiger partial charge in [0.2, 0.25) is 5.90 Å². The van der Waals surface area contributed by atoms with Crippen molar-refractivity contribution in [3.8, 4) is 5.75 Å². The first-order chi connectivity index (χ1) is 20.5. The fourth-order valence-electron chi connectivity index (χ4n) is 5.61. The highest BCUT2D eigenvalue weighted by molar-refractivity contribution is 9.10. The number of amides is 1. The second-order valence-electron chi connectivity index (χ2n) is 11.0. The molecule has 3 aromatic rings. The quantitative estimate of drug-likeness (QED) is 0.145. The first-order valence-corrected chi connectivity index (χ1v) is 16.2. The molecule has 0 unspecified atom stereocenters. The first kappa shape index (κ1) is 30.7. The van der Waals surface area contributed by atoms with E-state index in [2.05, 4.69) is 42.7 Å². The third-order valence-electron chi connectivity index (χ3n) is 7.91. The molecule has 222 valence electrons. The molecule has 1 aliphatic heterocycles. The SMILES string of the molecule is O=C(NNCC1CCCCC1)[C@@]1(Cc2ccc(Br)cc2)N=C(c2ccc(OCCCO)cc2)O[C@H]1c1ccc(Br)cc1. The van der Waals surface area contributed by atoms with E-state index in [9.17, 15) is 4.79 Å². The zero-order chi connectivity index (χ0) is 29.4. The van der Waals surface area contributed by atoms with Gasteiger partial charge in [-0.1, -0.05) is 75.4 Å². The van der Waals surface area contributed by atoms with Crippen molar-refractivity contribution in [3.63, 3.8) is 0 Å². The summed E-state index contributed by atoms with van der Waals surface area (Å²) in [4.78, 5) is 19.4. The molecular weight excluding hydrogens is 662 g/mol. The summed E-state index contributed by atoms with van der Waals surface area (Å²) in [6.07, 6.45) is 6.40. The van der Waals surface area contributed by atoms with Crippen LogP contribution in [0, 0.1) is 5.92 Å². The molecule has 3 N–H and O–H groups in total. The summed E-state index contributed by atoms with van der Waals surface area (Å²) in [6.45, 7) is 1.25. The zero-order valence-corrected chi connectivity index (χ0v) is 26.7. The number of carbonyl (C=O) groups excluding carboxylic acids is 1. The number of aliphatic hydroxyl groups excluding tert-OH is 1. The van der Waals surface area contributed by atoms with Gasteiger partial charge in [0, 0.05) is 40.5 Å². The predicted molar refractivity (Wildman–Crippen MR) is 171 cm³/mol. The van der Waals surface area contributed by atoms with Crippen molar-refractivity contribution in [1.82, 2.24) is 10.9 Å². The lowest BCUT2D eigenvalue weighted by Crippen LogP contribution is -2.54. The van der Waals surface area contributed by atoms with Gasteiger partial charge in [-0.05, 0) is 78.4 Å². The summed E-state index contributed by atoms with van der Waals surface area (Å²) in [5, 5.41) is 9.04. The van der Waals surface area contributed by atoms with Crippen LogP contribution < -0.4 is 15.6 Å². The Bertz CT molecular complexity index is 1340. The molecule has 42 heavy (non-hydrogen) atoms. The highest BCUT2D eigenvalue weighted by Gasteiger charge is 2.53. The average molecular weight is 699 g/mol. The molecule has 0 saturated heterocycles. The summed E-state index contributed by atoms with van der Waals surface area (Å²) in [7, 11) is 0. The molecule has 2 aliphatic rings. The van der Waals surface area contributed by atoms with E-state index in [1.54, 1.807) is 0 Å². The highest BCUT2D eigenvalue weighted by Crippen LogP contribution is 2.43. The Kier molecular flexibility index (Phi) is 10.7. The molecule has 2 atom stereocenters. The van der Waals surface area contributed by atoms with Crippen LogP contribution >= 0.6 is 31.9 Å². The summed E-state index contributed by atoms with van der Waals surface area (Å²) in [6, 6.07) is 23.3. The van der Waals surface area contributed by atoms with Crippen LogP contribution in [0.1, 0.15) is 61.3 Å². The lowest BCUT2D eigenvalue weighted by Gasteiger charge is -2.31. The second-order valence-corrected chi connectivity index (χ2v) is 12.8. The van der Waals surface area contributed by atoms with Gasteiger partial charge in [-0.2, -0.15) is 0 Å². The number of nitrogens with one attached hydrogen (secondary N) is 2. The molecule has 1 fully saturated rings. The lowest BCUT2D eigenvalue weighted by atomic mass is 9.82. The van der Waals surface area contributed by atoms with Gasteiger partial charge in [0.1, 0.15) is 5.75 Å². The van der Waals surface area contributed by atoms with Crippen LogP contribution in [-0.2, 0) is 16.0 Å². The molecule has 1 heterocycles. The summed E-state index contributed by atoms with van der Waals surface area (Å²) < 4.78 is 14.2. The van der Waals surface area contributed by atoms with Crippen LogP contribution in [0.25, 0.3) is 0 Å². The molecule has 5 rings (SSSR count). The number of hydrazine groups is 1. The Morgan fingerprint density at radius 1 is 0.952 bits per heavy atom. The Morgan fingerprint density at radius 2 is 1.62 bits per heavy atom. The second kappa shape index (κ2) is 14.6. The van der Waals surface area contributed by atoms with Crippen molar-refractivity contribution < 1.29 is 19.4 Å². The fourth-order valence-corrected chi connectivity index (χ4v) is 6.14. The van der Waals surface area contributed by atoms with Crippen molar-refractivity contribution in [1.29, 1.82) is 0 Å². The molecular formula is C33H37Br2N3O4. The van der Waals surface area contributed by atoms with Crippen LogP contribution in [-0.4, -0.2) is 42.2 Å². The zero-order valence-electron chi connectivity index (χ0n) is 23.5. The number of aliphatic hydroxyl groups is 1. The average Bonchev–Trinajstić information content (AvgIpc) is 3.40. The monoisotopic (exact) mass is 697 g/mol. The highest BCUT2D eigenvalue weighted by atomic mass is 79.9. The molecule has 9 heteroatoms. The van der Waals surface area contributed by atoms with E-state index in [0.29, 0.717) is 37.0 Å². The van der Waals surface area contributed by atoms with E-state index < -0.39 is 11.6 Å². The predicted octanol–water partition coefficient (Wildman–Crippen LogP) is 6.67. The number of hydrogen-bond donors (Lipinski definition) is 3. The molecule has 0 radical (unpaired) electrons. The number of carbonyl (C=O) groups is 1. The summed E-state index contributed by atoms with van der Waals surface area (Å²) in [5.74, 6) is 1.43. The minimum Gasteiger partial charge on any atom is -0.494 e. The maximum absolute atomic E-state index is 14.3. The van der Waals surface area contributed by atoms with E-state index >= 15 is 0 Å². The number of rotatable bonds is 12. The van der Waals surface area contributed by atoms with Gasteiger partial charge in [-0.15, -0.1) is 0 Å². The summed E-state index contributed by atoms with van der Waals surface area (Å²) in [5.41, 5.74) is 7.61. The van der Waals surface area contributed by atoms with E-state index in [1.165, 1.54) is 32.1 Å². The van der Waals surface area contributed by atoms with E-state index in [4.69, 9.17) is 19.6 Å². The molecule has 3 aromatic carbocycles. The number of nitrogens with zero attached hydrogens (tertiary/aromatic N) is 1. The topological polar surface area (TPSA) is 92.2 Å². The van der Waals surface area contributed by atoms with Crippen molar-refractivity contribution in [2.45, 2.75) is 56.6 Å². The minimum atomic E-state index is -1.26. The van der Waals surface area contributed by atoms with Crippen LogP contribution in [0.4, 0.5) is 0 Å². The Morgan fingerprint density at radius 3 is 2.29 bits per heavy atom. The maximum atomic E-state index is 14.3. The molecule has 1 saturated carbocycles. The van der Waals surface area contributed by atoms with Crippen molar-refractivity contribution >= 4 is 43.7 Å². The van der Waals surface area contributed by atoms with Crippen LogP contribution in [0.3, 0.4) is 0 Å². The maximum Gasteiger partial charge on any atom is 0.266 e.